The van der Waals surface area contributed by atoms with E-state index in [0.717, 1.165) is 23.4 Å². The summed E-state index contributed by atoms with van der Waals surface area (Å²) in [4.78, 5) is 18.4. The average molecular weight is 459 g/mol. The number of nitrogens with zero attached hydrogens (tertiary/aromatic N) is 3. The minimum atomic E-state index is -4.44. The number of carbonyl (C=O) groups excluding carboxylic acids is 1. The van der Waals surface area contributed by atoms with Crippen molar-refractivity contribution in [1.82, 2.24) is 15.0 Å². The van der Waals surface area contributed by atoms with Crippen molar-refractivity contribution in [1.29, 1.82) is 0 Å². The van der Waals surface area contributed by atoms with Gasteiger partial charge in [-0.2, -0.15) is 18.2 Å². The fraction of sp³-hybridized carbons (Fsp3) is 0.375. The van der Waals surface area contributed by atoms with Crippen molar-refractivity contribution in [3.63, 3.8) is 0 Å². The maximum atomic E-state index is 13.0. The summed E-state index contributed by atoms with van der Waals surface area (Å²) in [5, 5.41) is 4.03. The van der Waals surface area contributed by atoms with Crippen LogP contribution in [0.3, 0.4) is 0 Å². The number of hydrogen-bond acceptors (Lipinski definition) is 5. The highest BCUT2D eigenvalue weighted by molar-refractivity contribution is 5.78. The Bertz CT molecular complexity index is 1110. The van der Waals surface area contributed by atoms with Gasteiger partial charge in [-0.25, -0.2) is 0 Å². The van der Waals surface area contributed by atoms with Crippen LogP contribution in [0, 0.1) is 5.92 Å². The summed E-state index contributed by atoms with van der Waals surface area (Å²) < 4.78 is 50.3. The van der Waals surface area contributed by atoms with Crippen LogP contribution < -0.4 is 4.74 Å². The zero-order valence-corrected chi connectivity index (χ0v) is 18.3. The Hall–Kier alpha value is -3.36. The summed E-state index contributed by atoms with van der Waals surface area (Å²) >= 11 is 0. The van der Waals surface area contributed by atoms with Crippen molar-refractivity contribution >= 4 is 5.91 Å². The Morgan fingerprint density at radius 2 is 1.94 bits per heavy atom. The predicted molar refractivity (Wildman–Crippen MR) is 114 cm³/mol. The highest BCUT2D eigenvalue weighted by atomic mass is 19.4. The van der Waals surface area contributed by atoms with E-state index in [1.807, 2.05) is 24.3 Å². The third-order valence-electron chi connectivity index (χ3n) is 5.36. The maximum Gasteiger partial charge on any atom is 0.416 e. The number of likely N-dealkylation sites (tertiary alicyclic amines) is 1. The minimum Gasteiger partial charge on any atom is -0.493 e. The number of alkyl halides is 3. The number of hydrogen-bond donors (Lipinski definition) is 0. The zero-order chi connectivity index (χ0) is 23.6. The fourth-order valence-corrected chi connectivity index (χ4v) is 3.68. The number of rotatable bonds is 7. The Morgan fingerprint density at radius 1 is 1.18 bits per heavy atom. The first-order valence-corrected chi connectivity index (χ1v) is 10.7. The van der Waals surface area contributed by atoms with Crippen molar-refractivity contribution in [2.75, 3.05) is 6.61 Å². The van der Waals surface area contributed by atoms with Crippen LogP contribution >= 0.6 is 0 Å². The molecule has 0 saturated carbocycles. The van der Waals surface area contributed by atoms with Gasteiger partial charge in [-0.3, -0.25) is 4.79 Å². The minimum absolute atomic E-state index is 0.0347. The van der Waals surface area contributed by atoms with Crippen molar-refractivity contribution in [3.05, 3.63) is 65.5 Å². The molecule has 0 bridgehead atoms. The highest BCUT2D eigenvalue weighted by Gasteiger charge is 2.36. The largest absolute Gasteiger partial charge is 0.493 e. The molecule has 9 heteroatoms. The first kappa shape index (κ1) is 22.8. The smallest absolute Gasteiger partial charge is 0.416 e. The van der Waals surface area contributed by atoms with Gasteiger partial charge in [0.2, 0.25) is 17.6 Å². The molecule has 0 N–H and O–H groups in total. The number of ether oxygens (including phenoxy) is 1. The van der Waals surface area contributed by atoms with E-state index in [9.17, 15) is 18.0 Å². The van der Waals surface area contributed by atoms with E-state index >= 15 is 0 Å². The molecule has 1 saturated heterocycles. The quantitative estimate of drug-likeness (QED) is 0.457. The summed E-state index contributed by atoms with van der Waals surface area (Å²) in [5.41, 5.74) is 0.376. The highest BCUT2D eigenvalue weighted by Crippen LogP contribution is 2.35. The van der Waals surface area contributed by atoms with Gasteiger partial charge in [-0.05, 0) is 54.3 Å². The lowest BCUT2D eigenvalue weighted by molar-refractivity contribution is -0.137. The van der Waals surface area contributed by atoms with Gasteiger partial charge >= 0.3 is 6.18 Å². The van der Waals surface area contributed by atoms with Crippen molar-refractivity contribution in [3.8, 4) is 17.1 Å². The SMILES string of the molecule is CC(C)COc1ccc(-c2noc(C3CCC(=O)N3Cc3cccc(C(F)(F)F)c3)n2)cc1. The van der Waals surface area contributed by atoms with Crippen LogP contribution in [0.5, 0.6) is 5.75 Å². The maximum absolute atomic E-state index is 13.0. The van der Waals surface area contributed by atoms with Gasteiger partial charge in [-0.1, -0.05) is 31.1 Å². The Morgan fingerprint density at radius 3 is 2.64 bits per heavy atom. The Labute approximate surface area is 189 Å². The average Bonchev–Trinajstić information content (AvgIpc) is 3.40. The van der Waals surface area contributed by atoms with Crippen LogP contribution in [-0.4, -0.2) is 27.6 Å². The van der Waals surface area contributed by atoms with Crippen LogP contribution in [0.2, 0.25) is 0 Å². The number of benzene rings is 2. The summed E-state index contributed by atoms with van der Waals surface area (Å²) in [6.07, 6.45) is -3.72. The van der Waals surface area contributed by atoms with Gasteiger partial charge in [-0.15, -0.1) is 0 Å². The molecule has 1 aliphatic rings. The Kier molecular flexibility index (Phi) is 6.40. The molecule has 174 valence electrons. The molecule has 1 atom stereocenters. The molecular weight excluding hydrogens is 435 g/mol. The lowest BCUT2D eigenvalue weighted by Crippen LogP contribution is -2.27. The lowest BCUT2D eigenvalue weighted by Gasteiger charge is -2.22. The number of amides is 1. The van der Waals surface area contributed by atoms with Crippen LogP contribution in [0.4, 0.5) is 13.2 Å². The molecule has 1 aromatic heterocycles. The van der Waals surface area contributed by atoms with E-state index in [1.54, 1.807) is 6.07 Å². The van der Waals surface area contributed by atoms with Gasteiger partial charge in [0.05, 0.1) is 12.2 Å². The molecule has 3 aromatic rings. The van der Waals surface area contributed by atoms with Gasteiger partial charge < -0.3 is 14.2 Å². The van der Waals surface area contributed by atoms with Gasteiger partial charge in [0.25, 0.3) is 0 Å². The molecule has 33 heavy (non-hydrogen) atoms. The molecule has 1 fully saturated rings. The second-order valence-electron chi connectivity index (χ2n) is 8.46. The second-order valence-corrected chi connectivity index (χ2v) is 8.46. The van der Waals surface area contributed by atoms with Crippen molar-refractivity contribution in [2.24, 2.45) is 5.92 Å². The predicted octanol–water partition coefficient (Wildman–Crippen LogP) is 5.65. The van der Waals surface area contributed by atoms with Crippen LogP contribution in [0.1, 0.15) is 49.7 Å². The molecule has 2 aromatic carbocycles. The van der Waals surface area contributed by atoms with E-state index in [4.69, 9.17) is 9.26 Å². The van der Waals surface area contributed by atoms with Gasteiger partial charge in [0.15, 0.2) is 0 Å². The van der Waals surface area contributed by atoms with Crippen molar-refractivity contribution in [2.45, 2.75) is 45.5 Å². The molecule has 1 aliphatic heterocycles. The molecule has 1 unspecified atom stereocenters. The van der Waals surface area contributed by atoms with E-state index in [-0.39, 0.29) is 24.8 Å². The first-order valence-electron chi connectivity index (χ1n) is 10.7. The number of halogens is 3. The second kappa shape index (κ2) is 9.25. The van der Waals surface area contributed by atoms with E-state index in [0.29, 0.717) is 30.3 Å². The van der Waals surface area contributed by atoms with Crippen molar-refractivity contribution < 1.29 is 27.2 Å². The number of carbonyl (C=O) groups is 1. The normalized spacial score (nSPS) is 16.6. The first-order chi connectivity index (χ1) is 15.7. The Balaban J connectivity index is 1.49. The molecule has 0 spiro atoms. The number of aromatic nitrogens is 2. The summed E-state index contributed by atoms with van der Waals surface area (Å²) in [6.45, 7) is 4.79. The zero-order valence-electron chi connectivity index (χ0n) is 18.3. The summed E-state index contributed by atoms with van der Waals surface area (Å²) in [7, 11) is 0. The monoisotopic (exact) mass is 459 g/mol. The van der Waals surface area contributed by atoms with Gasteiger partial charge in [0.1, 0.15) is 11.8 Å². The summed E-state index contributed by atoms with van der Waals surface area (Å²) in [6, 6.07) is 11.8. The standard InChI is InChI=1S/C24H24F3N3O3/c1-15(2)14-32-19-8-6-17(7-9-19)22-28-23(33-29-22)20-10-11-21(31)30(20)13-16-4-3-5-18(12-16)24(25,26)27/h3-9,12,15,20H,10-11,13-14H2,1-2H3. The third-order valence-corrected chi connectivity index (χ3v) is 5.36. The third kappa shape index (κ3) is 5.35. The van der Waals surface area contributed by atoms with E-state index < -0.39 is 17.8 Å². The van der Waals surface area contributed by atoms with Gasteiger partial charge in [0, 0.05) is 18.5 Å². The molecular formula is C24H24F3N3O3. The molecule has 2 heterocycles. The molecule has 4 rings (SSSR count). The lowest BCUT2D eigenvalue weighted by atomic mass is 10.1. The molecule has 0 aliphatic carbocycles. The molecule has 0 radical (unpaired) electrons. The molecule has 1 amide bonds. The summed E-state index contributed by atoms with van der Waals surface area (Å²) in [5.74, 6) is 1.63. The van der Waals surface area contributed by atoms with Crippen LogP contribution in [0.15, 0.2) is 53.1 Å². The van der Waals surface area contributed by atoms with E-state index in [2.05, 4.69) is 24.0 Å². The molecule has 6 nitrogen and oxygen atoms in total. The topological polar surface area (TPSA) is 68.5 Å². The fourth-order valence-electron chi connectivity index (χ4n) is 3.68. The van der Waals surface area contributed by atoms with Crippen LogP contribution in [0.25, 0.3) is 11.4 Å². The van der Waals surface area contributed by atoms with E-state index in [1.165, 1.54) is 11.0 Å². The van der Waals surface area contributed by atoms with Crippen LogP contribution in [-0.2, 0) is 17.5 Å².